The first-order chi connectivity index (χ1) is 18.8. The average molecular weight is 597 g/mol. The summed E-state index contributed by atoms with van der Waals surface area (Å²) in [4.78, 5) is 10.9. The maximum absolute atomic E-state index is 13.4. The van der Waals surface area contributed by atoms with Crippen LogP contribution in [0.2, 0.25) is 0 Å². The zero-order valence-electron chi connectivity index (χ0n) is 21.5. The van der Waals surface area contributed by atoms with Gasteiger partial charge in [-0.3, -0.25) is 4.40 Å². The molecule has 0 saturated carbocycles. The predicted molar refractivity (Wildman–Crippen MR) is 142 cm³/mol. The zero-order chi connectivity index (χ0) is 28.5. The van der Waals surface area contributed by atoms with E-state index in [9.17, 15) is 30.0 Å². The molecule has 0 aliphatic carbocycles. The van der Waals surface area contributed by atoms with Crippen LogP contribution in [0, 0.1) is 6.92 Å². The number of anilines is 1. The molecule has 5 heterocycles. The molecule has 1 aromatic carbocycles. The minimum absolute atomic E-state index is 0.122. The molecule has 0 unspecified atom stereocenters. The van der Waals surface area contributed by atoms with Gasteiger partial charge in [0, 0.05) is 25.8 Å². The molecule has 15 heteroatoms. The Labute approximate surface area is 229 Å². The number of hydrogen-bond donors (Lipinski definition) is 0. The van der Waals surface area contributed by atoms with Gasteiger partial charge >= 0.3 is 6.18 Å². The molecule has 40 heavy (non-hydrogen) atoms. The van der Waals surface area contributed by atoms with E-state index in [1.54, 1.807) is 28.8 Å². The van der Waals surface area contributed by atoms with E-state index in [1.807, 2.05) is 11.8 Å². The summed E-state index contributed by atoms with van der Waals surface area (Å²) < 4.78 is 95.3. The van der Waals surface area contributed by atoms with Gasteiger partial charge in [0.2, 0.25) is 16.0 Å². The highest BCUT2D eigenvalue weighted by molar-refractivity contribution is 7.90. The van der Waals surface area contributed by atoms with E-state index >= 15 is 0 Å². The first-order valence-corrected chi connectivity index (χ1v) is 15.8. The van der Waals surface area contributed by atoms with Crippen LogP contribution in [-0.2, 0) is 20.0 Å². The zero-order valence-corrected chi connectivity index (χ0v) is 23.2. The van der Waals surface area contributed by atoms with Crippen LogP contribution in [-0.4, -0.2) is 76.6 Å². The Bertz CT molecular complexity index is 1810. The molecule has 0 radical (unpaired) electrons. The number of aromatic nitrogens is 4. The lowest BCUT2D eigenvalue weighted by Gasteiger charge is -2.57. The highest BCUT2D eigenvalue weighted by Crippen LogP contribution is 2.41. The number of imidazole rings is 1. The number of hydrogen-bond acceptors (Lipinski definition) is 7. The Morgan fingerprint density at radius 3 is 2.38 bits per heavy atom. The number of piperidine rings is 1. The van der Waals surface area contributed by atoms with Crippen molar-refractivity contribution >= 4 is 42.7 Å². The third-order valence-corrected chi connectivity index (χ3v) is 11.4. The monoisotopic (exact) mass is 596 g/mol. The van der Waals surface area contributed by atoms with Crippen molar-refractivity contribution in [2.24, 2.45) is 0 Å². The summed E-state index contributed by atoms with van der Waals surface area (Å²) in [6, 6.07) is 8.15. The van der Waals surface area contributed by atoms with Crippen LogP contribution in [0.15, 0.2) is 53.8 Å². The van der Waals surface area contributed by atoms with Crippen LogP contribution in [0.4, 0.5) is 19.1 Å². The Hall–Kier alpha value is -3.17. The van der Waals surface area contributed by atoms with Crippen molar-refractivity contribution < 1.29 is 30.0 Å². The Kier molecular flexibility index (Phi) is 6.20. The van der Waals surface area contributed by atoms with Crippen molar-refractivity contribution in [1.82, 2.24) is 22.6 Å². The molecule has 0 amide bonds. The van der Waals surface area contributed by atoms with Crippen LogP contribution < -0.4 is 4.90 Å². The van der Waals surface area contributed by atoms with Gasteiger partial charge in [-0.05, 0) is 38.0 Å². The Morgan fingerprint density at radius 1 is 0.975 bits per heavy atom. The van der Waals surface area contributed by atoms with Crippen LogP contribution >= 0.6 is 0 Å². The highest BCUT2D eigenvalue weighted by atomic mass is 32.2. The van der Waals surface area contributed by atoms with Crippen molar-refractivity contribution in [3.63, 3.8) is 0 Å². The van der Waals surface area contributed by atoms with Crippen molar-refractivity contribution in [2.45, 2.75) is 49.2 Å². The van der Waals surface area contributed by atoms with Crippen molar-refractivity contribution in [2.75, 3.05) is 30.3 Å². The van der Waals surface area contributed by atoms with Crippen LogP contribution in [0.1, 0.15) is 31.2 Å². The second-order valence-electron chi connectivity index (χ2n) is 10.5. The van der Waals surface area contributed by atoms with Gasteiger partial charge in [0.05, 0.1) is 46.0 Å². The van der Waals surface area contributed by atoms with E-state index in [-0.39, 0.29) is 30.2 Å². The summed E-state index contributed by atoms with van der Waals surface area (Å²) in [6.45, 7) is 2.59. The third kappa shape index (κ3) is 4.43. The summed E-state index contributed by atoms with van der Waals surface area (Å²) in [7, 11) is -8.04. The van der Waals surface area contributed by atoms with E-state index in [0.29, 0.717) is 29.8 Å². The number of alkyl halides is 3. The van der Waals surface area contributed by atoms with Gasteiger partial charge in [0.1, 0.15) is 0 Å². The molecule has 214 valence electrons. The molecule has 2 fully saturated rings. The van der Waals surface area contributed by atoms with Crippen LogP contribution in [0.5, 0.6) is 0 Å². The van der Waals surface area contributed by atoms with E-state index in [0.717, 1.165) is 16.0 Å². The molecule has 2 aliphatic rings. The van der Waals surface area contributed by atoms with Crippen LogP contribution in [0.3, 0.4) is 0 Å². The molecule has 0 bridgehead atoms. The standard InChI is InChI=1S/C25H27F3N6O4S2/c1-18-4-6-20(7-5-18)40(37,38)32-12-8-21-22(32)29-14-19-15-30-23(34(19)21)31-16-24(17-31)9-2-3-11-33(24)39(35,36)13-10-25(26,27)28/h4-8,12,14-15H,2-3,9-11,13,16-17H2,1H3. The SMILES string of the molecule is Cc1ccc(S(=O)(=O)n2ccc3c2ncc2cnc(N4CC5(CCCCN5S(=O)(=O)CCC(F)(F)F)C4)n23)cc1. The molecule has 2 saturated heterocycles. The Balaban J connectivity index is 1.33. The second-order valence-corrected chi connectivity index (χ2v) is 14.3. The minimum atomic E-state index is -4.56. The number of sulfonamides is 1. The fourth-order valence-corrected chi connectivity index (χ4v) is 8.95. The average Bonchev–Trinajstić information content (AvgIpc) is 3.50. The summed E-state index contributed by atoms with van der Waals surface area (Å²) >= 11 is 0. The second kappa shape index (κ2) is 9.17. The lowest BCUT2D eigenvalue weighted by Crippen LogP contribution is -2.73. The van der Waals surface area contributed by atoms with E-state index in [2.05, 4.69) is 9.97 Å². The number of aryl methyl sites for hydroxylation is 1. The van der Waals surface area contributed by atoms with Gasteiger partial charge in [-0.15, -0.1) is 0 Å². The fraction of sp³-hybridized carbons (Fsp3) is 0.440. The lowest BCUT2D eigenvalue weighted by atomic mass is 9.82. The number of benzene rings is 1. The van der Waals surface area contributed by atoms with E-state index < -0.39 is 43.9 Å². The topological polar surface area (TPSA) is 110 Å². The molecular weight excluding hydrogens is 569 g/mol. The van der Waals surface area contributed by atoms with Crippen molar-refractivity contribution in [3.05, 3.63) is 54.5 Å². The van der Waals surface area contributed by atoms with Gasteiger partial charge in [0.15, 0.2) is 5.65 Å². The van der Waals surface area contributed by atoms with E-state index in [1.165, 1.54) is 28.8 Å². The number of rotatable bonds is 6. The van der Waals surface area contributed by atoms with Crippen LogP contribution in [0.25, 0.3) is 16.7 Å². The number of halogens is 3. The third-order valence-electron chi connectivity index (χ3n) is 7.73. The maximum Gasteiger partial charge on any atom is 0.390 e. The van der Waals surface area contributed by atoms with Gasteiger partial charge in [0.25, 0.3) is 10.0 Å². The lowest BCUT2D eigenvalue weighted by molar-refractivity contribution is -0.130. The molecule has 6 rings (SSSR count). The number of fused-ring (bicyclic) bond motifs is 3. The fourth-order valence-electron chi connectivity index (χ4n) is 5.74. The minimum Gasteiger partial charge on any atom is -0.338 e. The molecule has 0 N–H and O–H groups in total. The van der Waals surface area contributed by atoms with E-state index in [4.69, 9.17) is 0 Å². The van der Waals surface area contributed by atoms with Gasteiger partial charge < -0.3 is 4.90 Å². The highest BCUT2D eigenvalue weighted by Gasteiger charge is 2.54. The van der Waals surface area contributed by atoms with Gasteiger partial charge in [-0.2, -0.15) is 17.5 Å². The molecule has 4 aromatic rings. The largest absolute Gasteiger partial charge is 0.390 e. The van der Waals surface area contributed by atoms with Gasteiger partial charge in [-0.25, -0.2) is 30.8 Å². The summed E-state index contributed by atoms with van der Waals surface area (Å²) in [5.41, 5.74) is 1.45. The predicted octanol–water partition coefficient (Wildman–Crippen LogP) is 3.56. The summed E-state index contributed by atoms with van der Waals surface area (Å²) in [5, 5.41) is 0. The first kappa shape index (κ1) is 27.0. The molecule has 1 spiro atoms. The summed E-state index contributed by atoms with van der Waals surface area (Å²) in [6.07, 6.45) is 0.512. The number of nitrogens with zero attached hydrogens (tertiary/aromatic N) is 6. The smallest absolute Gasteiger partial charge is 0.338 e. The quantitative estimate of drug-likeness (QED) is 0.335. The molecular formula is C25H27F3N6O4S2. The molecule has 2 aliphatic heterocycles. The van der Waals surface area contributed by atoms with Crippen molar-refractivity contribution in [1.29, 1.82) is 0 Å². The molecule has 10 nitrogen and oxygen atoms in total. The maximum atomic E-state index is 13.4. The Morgan fingerprint density at radius 2 is 1.68 bits per heavy atom. The molecule has 0 atom stereocenters. The van der Waals surface area contributed by atoms with Gasteiger partial charge in [-0.1, -0.05) is 24.1 Å². The first-order valence-electron chi connectivity index (χ1n) is 12.8. The summed E-state index contributed by atoms with van der Waals surface area (Å²) in [5.74, 6) is -0.489. The normalized spacial score (nSPS) is 18.6. The molecule has 3 aromatic heterocycles. The van der Waals surface area contributed by atoms with Crippen molar-refractivity contribution in [3.8, 4) is 0 Å².